The van der Waals surface area contributed by atoms with Crippen LogP contribution in [0.2, 0.25) is 37.3 Å². The molecule has 0 aromatic heterocycles. The first-order valence-electron chi connectivity index (χ1n) is 10.5. The van der Waals surface area contributed by atoms with E-state index >= 15 is 0 Å². The smallest absolute Gasteiger partial charge is 0.156 e. The predicted octanol–water partition coefficient (Wildman–Crippen LogP) is 8.56. The van der Waals surface area contributed by atoms with Crippen LogP contribution in [0.15, 0.2) is 0 Å². The molecule has 24 heavy (non-hydrogen) atoms. The van der Waals surface area contributed by atoms with Gasteiger partial charge in [-0.2, -0.15) is 22.2 Å². The number of halogens is 2. The van der Waals surface area contributed by atoms with E-state index in [1.807, 2.05) is 0 Å². The Labute approximate surface area is 162 Å². The second-order valence-electron chi connectivity index (χ2n) is 9.87. The van der Waals surface area contributed by atoms with E-state index in [1.54, 1.807) is 0 Å². The van der Waals surface area contributed by atoms with Gasteiger partial charge in [0.1, 0.15) is 0 Å². The van der Waals surface area contributed by atoms with Crippen LogP contribution >= 0.6 is 22.2 Å². The lowest BCUT2D eigenvalue weighted by atomic mass is 9.80. The minimum absolute atomic E-state index is 0.514. The van der Waals surface area contributed by atoms with Crippen molar-refractivity contribution in [1.82, 2.24) is 0 Å². The Kier molecular flexibility index (Phi) is 7.82. The van der Waals surface area contributed by atoms with Crippen molar-refractivity contribution in [3.8, 4) is 0 Å². The van der Waals surface area contributed by atoms with Crippen molar-refractivity contribution in [2.24, 2.45) is 11.8 Å². The molecule has 0 saturated heterocycles. The van der Waals surface area contributed by atoms with Gasteiger partial charge in [0, 0.05) is 0 Å². The van der Waals surface area contributed by atoms with Crippen molar-refractivity contribution in [3.63, 3.8) is 0 Å². The van der Waals surface area contributed by atoms with Gasteiger partial charge in [-0.3, -0.25) is 0 Å². The van der Waals surface area contributed by atoms with Crippen LogP contribution in [0.5, 0.6) is 0 Å². The predicted molar refractivity (Wildman–Crippen MR) is 117 cm³/mol. The van der Waals surface area contributed by atoms with Gasteiger partial charge in [0.15, 0.2) is 14.8 Å². The first-order valence-corrected chi connectivity index (χ1v) is 18.7. The van der Waals surface area contributed by atoms with Gasteiger partial charge >= 0.3 is 0 Å². The highest BCUT2D eigenvalue weighted by molar-refractivity contribution is 7.20. The molecule has 0 heterocycles. The van der Waals surface area contributed by atoms with E-state index < -0.39 is 14.8 Å². The molecule has 4 heteroatoms. The molecule has 2 rings (SSSR count). The van der Waals surface area contributed by atoms with E-state index in [9.17, 15) is 0 Å². The first-order chi connectivity index (χ1) is 11.1. The number of rotatable bonds is 5. The highest BCUT2D eigenvalue weighted by Crippen LogP contribution is 2.60. The molecule has 0 aromatic carbocycles. The van der Waals surface area contributed by atoms with E-state index in [1.165, 1.54) is 83.1 Å². The molecule has 142 valence electrons. The SMILES string of the molecule is C[Si](C)(Cl)CCC1CCCC(C2([Si](C)(C)Cl)CCCCCC2)CC1. The molecular formula is C20H40Cl2Si2. The number of hydrogen-bond donors (Lipinski definition) is 0. The molecule has 2 fully saturated rings. The Bertz CT molecular complexity index is 376. The fourth-order valence-electron chi connectivity index (χ4n) is 5.61. The quantitative estimate of drug-likeness (QED) is 0.243. The summed E-state index contributed by atoms with van der Waals surface area (Å²) in [5.74, 6) is 1.84. The minimum atomic E-state index is -1.66. The summed E-state index contributed by atoms with van der Waals surface area (Å²) >= 11 is 13.8. The monoisotopic (exact) mass is 406 g/mol. The van der Waals surface area contributed by atoms with Gasteiger partial charge in [0.25, 0.3) is 0 Å². The third-order valence-electron chi connectivity index (χ3n) is 7.20. The van der Waals surface area contributed by atoms with Crippen molar-refractivity contribution in [1.29, 1.82) is 0 Å². The maximum Gasteiger partial charge on any atom is 0.156 e. The second kappa shape index (κ2) is 8.80. The molecule has 0 bridgehead atoms. The molecule has 2 atom stereocenters. The lowest BCUT2D eigenvalue weighted by molar-refractivity contribution is 0.275. The van der Waals surface area contributed by atoms with Gasteiger partial charge in [-0.05, 0) is 42.2 Å². The molecule has 0 N–H and O–H groups in total. The zero-order valence-electron chi connectivity index (χ0n) is 16.6. The average molecular weight is 408 g/mol. The largest absolute Gasteiger partial charge is 0.168 e. The zero-order chi connectivity index (χ0) is 17.8. The average Bonchev–Trinajstić information content (AvgIpc) is 2.85. The van der Waals surface area contributed by atoms with E-state index in [0.717, 1.165) is 11.8 Å². The molecule has 0 aromatic rings. The molecule has 0 radical (unpaired) electrons. The fraction of sp³-hybridized carbons (Fsp3) is 1.00. The highest BCUT2D eigenvalue weighted by atomic mass is 35.6. The highest BCUT2D eigenvalue weighted by Gasteiger charge is 2.50. The zero-order valence-corrected chi connectivity index (χ0v) is 20.1. The summed E-state index contributed by atoms with van der Waals surface area (Å²) in [5, 5.41) is 0.514. The third kappa shape index (κ3) is 5.76. The topological polar surface area (TPSA) is 0 Å². The normalized spacial score (nSPS) is 29.8. The lowest BCUT2D eigenvalue weighted by Gasteiger charge is -2.47. The molecule has 2 aliphatic carbocycles. The summed E-state index contributed by atoms with van der Waals surface area (Å²) in [4.78, 5) is 0. The fourth-order valence-corrected chi connectivity index (χ4v) is 10.9. The Morgan fingerprint density at radius 1 is 0.792 bits per heavy atom. The number of hydrogen-bond acceptors (Lipinski definition) is 0. The maximum atomic E-state index is 7.21. The second-order valence-corrected chi connectivity index (χ2v) is 23.7. The molecule has 0 amide bonds. The summed E-state index contributed by atoms with van der Waals surface area (Å²) < 4.78 is 0. The summed E-state index contributed by atoms with van der Waals surface area (Å²) in [6, 6.07) is 1.30. The summed E-state index contributed by atoms with van der Waals surface area (Å²) in [6.45, 7) is 9.50. The summed E-state index contributed by atoms with van der Waals surface area (Å²) in [6.07, 6.45) is 17.2. The Hall–Kier alpha value is 1.01. The molecule has 2 unspecified atom stereocenters. The van der Waals surface area contributed by atoms with Crippen LogP contribution in [0.1, 0.15) is 77.0 Å². The van der Waals surface area contributed by atoms with Crippen LogP contribution in [0.3, 0.4) is 0 Å². The molecular weight excluding hydrogens is 367 g/mol. The van der Waals surface area contributed by atoms with Crippen LogP contribution < -0.4 is 0 Å². The van der Waals surface area contributed by atoms with Crippen molar-refractivity contribution < 1.29 is 0 Å². The van der Waals surface area contributed by atoms with Crippen LogP contribution in [-0.2, 0) is 0 Å². The van der Waals surface area contributed by atoms with E-state index in [0.29, 0.717) is 5.04 Å². The van der Waals surface area contributed by atoms with Gasteiger partial charge in [0.05, 0.1) is 0 Å². The Morgan fingerprint density at radius 3 is 1.96 bits per heavy atom. The third-order valence-corrected chi connectivity index (χ3v) is 13.6. The van der Waals surface area contributed by atoms with Gasteiger partial charge in [-0.1, -0.05) is 84.0 Å². The first kappa shape index (κ1) is 21.3. The van der Waals surface area contributed by atoms with Crippen LogP contribution in [0.4, 0.5) is 0 Å². The molecule has 0 nitrogen and oxygen atoms in total. The van der Waals surface area contributed by atoms with E-state index in [2.05, 4.69) is 26.2 Å². The Balaban J connectivity index is 2.04. The van der Waals surface area contributed by atoms with Gasteiger partial charge in [0.2, 0.25) is 0 Å². The van der Waals surface area contributed by atoms with Crippen LogP contribution in [0.25, 0.3) is 0 Å². The standard InChI is InChI=1S/C20H40Cl2Si2/c1-23(2,21)17-14-18-10-9-11-19(13-12-18)20(24(3,4)22)15-7-5-6-8-16-20/h18-19H,5-17H2,1-4H3. The van der Waals surface area contributed by atoms with E-state index in [-0.39, 0.29) is 0 Å². The van der Waals surface area contributed by atoms with Crippen molar-refractivity contribution in [2.75, 3.05) is 0 Å². The van der Waals surface area contributed by atoms with Crippen molar-refractivity contribution >= 4 is 36.9 Å². The van der Waals surface area contributed by atoms with Gasteiger partial charge < -0.3 is 0 Å². The molecule has 2 saturated carbocycles. The van der Waals surface area contributed by atoms with Crippen LogP contribution in [0, 0.1) is 11.8 Å². The lowest BCUT2D eigenvalue weighted by Crippen LogP contribution is -2.43. The van der Waals surface area contributed by atoms with Crippen molar-refractivity contribution in [3.05, 3.63) is 0 Å². The Morgan fingerprint density at radius 2 is 1.42 bits per heavy atom. The minimum Gasteiger partial charge on any atom is -0.168 e. The molecule has 0 aliphatic heterocycles. The van der Waals surface area contributed by atoms with Gasteiger partial charge in [-0.25, -0.2) is 0 Å². The van der Waals surface area contributed by atoms with E-state index in [4.69, 9.17) is 22.2 Å². The molecule has 0 spiro atoms. The summed E-state index contributed by atoms with van der Waals surface area (Å²) in [5.41, 5.74) is 0. The van der Waals surface area contributed by atoms with Gasteiger partial charge in [-0.15, -0.1) is 0 Å². The summed E-state index contributed by atoms with van der Waals surface area (Å²) in [7, 11) is -3.06. The van der Waals surface area contributed by atoms with Crippen molar-refractivity contribution in [2.45, 2.75) is 114 Å². The maximum absolute atomic E-state index is 7.21. The molecule has 2 aliphatic rings. The van der Waals surface area contributed by atoms with Crippen LogP contribution in [-0.4, -0.2) is 14.8 Å².